The van der Waals surface area contributed by atoms with Gasteiger partial charge in [-0.2, -0.15) is 0 Å². The van der Waals surface area contributed by atoms with Crippen LogP contribution in [-0.2, 0) is 13.1 Å². The molecule has 0 atom stereocenters. The summed E-state index contributed by atoms with van der Waals surface area (Å²) >= 11 is 0. The summed E-state index contributed by atoms with van der Waals surface area (Å²) in [4.78, 5) is 2.28. The van der Waals surface area contributed by atoms with E-state index in [2.05, 4.69) is 49.3 Å². The van der Waals surface area contributed by atoms with E-state index in [4.69, 9.17) is 4.74 Å². The van der Waals surface area contributed by atoms with Gasteiger partial charge in [0, 0.05) is 18.7 Å². The third-order valence-electron chi connectivity index (χ3n) is 3.08. The van der Waals surface area contributed by atoms with Gasteiger partial charge in [-0.05, 0) is 44.3 Å². The molecule has 3 nitrogen and oxygen atoms in total. The van der Waals surface area contributed by atoms with Crippen molar-refractivity contribution >= 4 is 0 Å². The Morgan fingerprint density at radius 1 is 1.28 bits per heavy atom. The van der Waals surface area contributed by atoms with Crippen LogP contribution in [0.5, 0.6) is 5.75 Å². The number of nitrogens with one attached hydrogen (secondary N) is 1. The molecular weight excluding hydrogens is 224 g/mol. The zero-order valence-corrected chi connectivity index (χ0v) is 12.1. The van der Waals surface area contributed by atoms with Crippen molar-refractivity contribution in [3.63, 3.8) is 0 Å². The molecule has 1 N–H and O–H groups in total. The maximum atomic E-state index is 5.42. The van der Waals surface area contributed by atoms with Crippen molar-refractivity contribution in [2.24, 2.45) is 0 Å². The van der Waals surface area contributed by atoms with E-state index in [0.717, 1.165) is 31.9 Å². The maximum absolute atomic E-state index is 5.42. The molecule has 0 radical (unpaired) electrons. The SMILES string of the molecule is CCCNCc1ccc(OC)c(CN(C)CC)c1. The Bertz CT molecular complexity index is 352. The van der Waals surface area contributed by atoms with Crippen LogP contribution < -0.4 is 10.1 Å². The average molecular weight is 250 g/mol. The molecule has 0 aliphatic rings. The third-order valence-corrected chi connectivity index (χ3v) is 3.08. The van der Waals surface area contributed by atoms with Gasteiger partial charge in [0.1, 0.15) is 5.75 Å². The van der Waals surface area contributed by atoms with E-state index in [1.54, 1.807) is 7.11 Å². The van der Waals surface area contributed by atoms with Gasteiger partial charge in [-0.25, -0.2) is 0 Å². The van der Waals surface area contributed by atoms with E-state index in [1.165, 1.54) is 17.5 Å². The lowest BCUT2D eigenvalue weighted by molar-refractivity contribution is 0.333. The summed E-state index contributed by atoms with van der Waals surface area (Å²) in [7, 11) is 3.86. The first-order valence-corrected chi connectivity index (χ1v) is 6.76. The van der Waals surface area contributed by atoms with Crippen molar-refractivity contribution < 1.29 is 4.74 Å². The van der Waals surface area contributed by atoms with Gasteiger partial charge in [0.15, 0.2) is 0 Å². The highest BCUT2D eigenvalue weighted by molar-refractivity contribution is 5.37. The minimum atomic E-state index is 0.931. The highest BCUT2D eigenvalue weighted by Gasteiger charge is 2.06. The quantitative estimate of drug-likeness (QED) is 0.718. The lowest BCUT2D eigenvalue weighted by Gasteiger charge is -2.17. The fraction of sp³-hybridized carbons (Fsp3) is 0.600. The van der Waals surface area contributed by atoms with E-state index in [9.17, 15) is 0 Å². The number of nitrogens with zero attached hydrogens (tertiary/aromatic N) is 1. The van der Waals surface area contributed by atoms with Crippen LogP contribution in [-0.4, -0.2) is 32.1 Å². The standard InChI is InChI=1S/C15H26N2O/c1-5-9-16-11-13-7-8-15(18-4)14(10-13)12-17(3)6-2/h7-8,10,16H,5-6,9,11-12H2,1-4H3. The molecule has 0 heterocycles. The summed E-state index contributed by atoms with van der Waals surface area (Å²) in [6, 6.07) is 6.45. The van der Waals surface area contributed by atoms with Crippen LogP contribution in [0.4, 0.5) is 0 Å². The smallest absolute Gasteiger partial charge is 0.123 e. The van der Waals surface area contributed by atoms with E-state index in [1.807, 2.05) is 0 Å². The maximum Gasteiger partial charge on any atom is 0.123 e. The minimum absolute atomic E-state index is 0.931. The summed E-state index contributed by atoms with van der Waals surface area (Å²) in [6.07, 6.45) is 1.17. The molecule has 0 saturated carbocycles. The number of rotatable bonds is 8. The zero-order chi connectivity index (χ0) is 13.4. The Hall–Kier alpha value is -1.06. The topological polar surface area (TPSA) is 24.5 Å². The molecular formula is C15H26N2O. The van der Waals surface area contributed by atoms with Crippen LogP contribution in [0.25, 0.3) is 0 Å². The molecule has 1 rings (SSSR count). The molecule has 102 valence electrons. The Balaban J connectivity index is 2.74. The van der Waals surface area contributed by atoms with E-state index in [-0.39, 0.29) is 0 Å². The first kappa shape index (κ1) is 15.0. The molecule has 0 bridgehead atoms. The molecule has 0 fully saturated rings. The van der Waals surface area contributed by atoms with E-state index >= 15 is 0 Å². The molecule has 1 aromatic rings. The molecule has 0 spiro atoms. The van der Waals surface area contributed by atoms with Crippen molar-refractivity contribution in [2.75, 3.05) is 27.2 Å². The predicted molar refractivity (Wildman–Crippen MR) is 77.0 cm³/mol. The molecule has 0 unspecified atom stereocenters. The number of hydrogen-bond acceptors (Lipinski definition) is 3. The predicted octanol–water partition coefficient (Wildman–Crippen LogP) is 2.65. The van der Waals surface area contributed by atoms with Crippen LogP contribution in [0.2, 0.25) is 0 Å². The molecule has 1 aromatic carbocycles. The molecule has 0 aliphatic heterocycles. The molecule has 0 aromatic heterocycles. The summed E-state index contributed by atoms with van der Waals surface area (Å²) in [5, 5.41) is 3.43. The first-order chi connectivity index (χ1) is 8.71. The van der Waals surface area contributed by atoms with Crippen molar-refractivity contribution in [1.82, 2.24) is 10.2 Å². The summed E-state index contributed by atoms with van der Waals surface area (Å²) in [5.74, 6) is 0.981. The Morgan fingerprint density at radius 2 is 2.06 bits per heavy atom. The molecule has 0 saturated heterocycles. The number of hydrogen-bond donors (Lipinski definition) is 1. The van der Waals surface area contributed by atoms with E-state index in [0.29, 0.717) is 0 Å². The Morgan fingerprint density at radius 3 is 2.67 bits per heavy atom. The highest BCUT2D eigenvalue weighted by atomic mass is 16.5. The van der Waals surface area contributed by atoms with Gasteiger partial charge in [-0.3, -0.25) is 0 Å². The lowest BCUT2D eigenvalue weighted by Crippen LogP contribution is -2.18. The first-order valence-electron chi connectivity index (χ1n) is 6.76. The van der Waals surface area contributed by atoms with Gasteiger partial charge in [-0.1, -0.05) is 19.9 Å². The molecule has 3 heteroatoms. The van der Waals surface area contributed by atoms with Gasteiger partial charge >= 0.3 is 0 Å². The second kappa shape index (κ2) is 8.11. The third kappa shape index (κ3) is 4.67. The largest absolute Gasteiger partial charge is 0.496 e. The fourth-order valence-corrected chi connectivity index (χ4v) is 1.88. The zero-order valence-electron chi connectivity index (χ0n) is 12.1. The second-order valence-corrected chi connectivity index (χ2v) is 4.65. The highest BCUT2D eigenvalue weighted by Crippen LogP contribution is 2.21. The normalized spacial score (nSPS) is 10.9. The Labute approximate surface area is 111 Å². The van der Waals surface area contributed by atoms with Gasteiger partial charge in [-0.15, -0.1) is 0 Å². The van der Waals surface area contributed by atoms with Crippen LogP contribution in [0.1, 0.15) is 31.4 Å². The van der Waals surface area contributed by atoms with Crippen LogP contribution in [0.3, 0.4) is 0 Å². The number of benzene rings is 1. The van der Waals surface area contributed by atoms with Crippen molar-refractivity contribution in [3.8, 4) is 5.75 Å². The van der Waals surface area contributed by atoms with Gasteiger partial charge in [0.05, 0.1) is 7.11 Å². The summed E-state index contributed by atoms with van der Waals surface area (Å²) < 4.78 is 5.42. The minimum Gasteiger partial charge on any atom is -0.496 e. The van der Waals surface area contributed by atoms with Gasteiger partial charge in [0.25, 0.3) is 0 Å². The number of ether oxygens (including phenoxy) is 1. The monoisotopic (exact) mass is 250 g/mol. The lowest BCUT2D eigenvalue weighted by atomic mass is 10.1. The van der Waals surface area contributed by atoms with Crippen molar-refractivity contribution in [2.45, 2.75) is 33.4 Å². The van der Waals surface area contributed by atoms with Crippen LogP contribution >= 0.6 is 0 Å². The van der Waals surface area contributed by atoms with Crippen molar-refractivity contribution in [1.29, 1.82) is 0 Å². The Kier molecular flexibility index (Phi) is 6.76. The van der Waals surface area contributed by atoms with Gasteiger partial charge < -0.3 is 15.0 Å². The summed E-state index contributed by atoms with van der Waals surface area (Å²) in [5.41, 5.74) is 2.58. The fourth-order valence-electron chi connectivity index (χ4n) is 1.88. The number of methoxy groups -OCH3 is 1. The van der Waals surface area contributed by atoms with Crippen LogP contribution in [0, 0.1) is 0 Å². The molecule has 0 amide bonds. The summed E-state index contributed by atoms with van der Waals surface area (Å²) in [6.45, 7) is 8.32. The average Bonchev–Trinajstić information content (AvgIpc) is 2.39. The molecule has 18 heavy (non-hydrogen) atoms. The van der Waals surface area contributed by atoms with Crippen LogP contribution in [0.15, 0.2) is 18.2 Å². The van der Waals surface area contributed by atoms with E-state index < -0.39 is 0 Å². The second-order valence-electron chi connectivity index (χ2n) is 4.65. The van der Waals surface area contributed by atoms with Crippen molar-refractivity contribution in [3.05, 3.63) is 29.3 Å². The van der Waals surface area contributed by atoms with Gasteiger partial charge in [0.2, 0.25) is 0 Å². The molecule has 0 aliphatic carbocycles.